The number of aliphatic imine (C=N–C) groups is 1. The molecule has 2 aromatic carbocycles. The topological polar surface area (TPSA) is 76.8 Å². The predicted molar refractivity (Wildman–Crippen MR) is 114 cm³/mol. The summed E-state index contributed by atoms with van der Waals surface area (Å²) < 4.78 is 52.8. The zero-order chi connectivity index (χ0) is 22.9. The fourth-order valence-corrected chi connectivity index (χ4v) is 3.82. The molecule has 2 heterocycles. The van der Waals surface area contributed by atoms with Crippen molar-refractivity contribution >= 4 is 22.8 Å². The molecule has 0 saturated carbocycles. The summed E-state index contributed by atoms with van der Waals surface area (Å²) in [5.41, 5.74) is -1.71. The molecule has 2 unspecified atom stereocenters. The largest absolute Gasteiger partial charge is 0.497 e. The zero-order valence-electron chi connectivity index (χ0n) is 17.6. The molecular weight excluding hydrogens is 423 g/mol. The number of alkyl halides is 3. The van der Waals surface area contributed by atoms with Crippen molar-refractivity contribution < 1.29 is 27.8 Å². The summed E-state index contributed by atoms with van der Waals surface area (Å²) in [6.07, 6.45) is -3.06. The summed E-state index contributed by atoms with van der Waals surface area (Å²) >= 11 is 0. The first-order valence-corrected chi connectivity index (χ1v) is 10.1. The minimum Gasteiger partial charge on any atom is -0.497 e. The van der Waals surface area contributed by atoms with Crippen molar-refractivity contribution in [3.63, 3.8) is 0 Å². The Morgan fingerprint density at radius 2 is 2.09 bits per heavy atom. The van der Waals surface area contributed by atoms with Gasteiger partial charge in [0.2, 0.25) is 0 Å². The Balaban J connectivity index is 1.68. The molecule has 0 bridgehead atoms. The number of methoxy groups -OCH3 is 1. The Hall–Kier alpha value is -3.20. The molecule has 0 saturated heterocycles. The fraction of sp³-hybridized carbons (Fsp3) is 0.348. The van der Waals surface area contributed by atoms with Gasteiger partial charge in [0.15, 0.2) is 5.60 Å². The second kappa shape index (κ2) is 8.38. The molecule has 1 aliphatic heterocycles. The van der Waals surface area contributed by atoms with E-state index in [0.29, 0.717) is 46.4 Å². The van der Waals surface area contributed by atoms with Gasteiger partial charge in [-0.05, 0) is 49.4 Å². The number of aryl methyl sites for hydroxylation is 1. The van der Waals surface area contributed by atoms with Crippen molar-refractivity contribution in [2.75, 3.05) is 13.7 Å². The predicted octanol–water partition coefficient (Wildman–Crippen LogP) is 4.90. The van der Waals surface area contributed by atoms with Gasteiger partial charge in [0.1, 0.15) is 17.3 Å². The van der Waals surface area contributed by atoms with Gasteiger partial charge in [0.05, 0.1) is 24.9 Å². The van der Waals surface area contributed by atoms with Crippen molar-refractivity contribution in [1.29, 1.82) is 0 Å². The van der Waals surface area contributed by atoms with E-state index in [1.54, 1.807) is 43.3 Å². The van der Waals surface area contributed by atoms with Crippen LogP contribution in [0.25, 0.3) is 10.9 Å². The molecule has 6 nitrogen and oxygen atoms in total. The Bertz CT molecular complexity index is 1170. The molecule has 9 heteroatoms. The third-order valence-corrected chi connectivity index (χ3v) is 5.57. The summed E-state index contributed by atoms with van der Waals surface area (Å²) in [4.78, 5) is 12.4. The second-order valence-corrected chi connectivity index (χ2v) is 7.75. The van der Waals surface area contributed by atoms with E-state index < -0.39 is 24.1 Å². The maximum absolute atomic E-state index is 14.0. The van der Waals surface area contributed by atoms with Gasteiger partial charge in [-0.25, -0.2) is 9.97 Å². The number of hydrogen-bond acceptors (Lipinski definition) is 6. The summed E-state index contributed by atoms with van der Waals surface area (Å²) in [6, 6.07) is 9.92. The van der Waals surface area contributed by atoms with Gasteiger partial charge in [0, 0.05) is 23.9 Å². The molecule has 0 fully saturated rings. The van der Waals surface area contributed by atoms with Crippen LogP contribution < -0.4 is 9.47 Å². The Labute approximate surface area is 182 Å². The van der Waals surface area contributed by atoms with Gasteiger partial charge in [-0.1, -0.05) is 12.1 Å². The summed E-state index contributed by atoms with van der Waals surface area (Å²) in [7, 11) is 1.50. The van der Waals surface area contributed by atoms with Crippen LogP contribution in [0.4, 0.5) is 18.9 Å². The molecule has 3 aromatic rings. The smallest absolute Gasteiger partial charge is 0.422 e. The Kier molecular flexibility index (Phi) is 5.77. The molecule has 4 rings (SSSR count). The van der Waals surface area contributed by atoms with E-state index in [4.69, 9.17) is 9.47 Å². The molecule has 32 heavy (non-hydrogen) atoms. The molecule has 0 amide bonds. The maximum atomic E-state index is 14.0. The molecule has 2 atom stereocenters. The van der Waals surface area contributed by atoms with E-state index in [9.17, 15) is 18.3 Å². The van der Waals surface area contributed by atoms with Crippen LogP contribution in [0.5, 0.6) is 11.5 Å². The van der Waals surface area contributed by atoms with Crippen molar-refractivity contribution in [2.45, 2.75) is 37.5 Å². The highest BCUT2D eigenvalue weighted by Crippen LogP contribution is 2.44. The number of benzene rings is 2. The van der Waals surface area contributed by atoms with Gasteiger partial charge >= 0.3 is 6.18 Å². The van der Waals surface area contributed by atoms with Gasteiger partial charge in [-0.3, -0.25) is 4.99 Å². The molecule has 0 radical (unpaired) electrons. The molecule has 0 aliphatic carbocycles. The van der Waals surface area contributed by atoms with Crippen LogP contribution in [-0.2, 0) is 0 Å². The van der Waals surface area contributed by atoms with Gasteiger partial charge in [-0.2, -0.15) is 13.2 Å². The van der Waals surface area contributed by atoms with E-state index in [1.807, 2.05) is 0 Å². The minimum atomic E-state index is -4.92. The summed E-state index contributed by atoms with van der Waals surface area (Å²) in [5.74, 6) is 0.982. The van der Waals surface area contributed by atoms with Crippen molar-refractivity contribution in [1.82, 2.24) is 9.97 Å². The van der Waals surface area contributed by atoms with E-state index in [-0.39, 0.29) is 12.3 Å². The molecule has 1 aromatic heterocycles. The van der Waals surface area contributed by atoms with Crippen LogP contribution in [0.3, 0.4) is 0 Å². The SMILES string of the molecule is COc1ccc2c(c1)OCCC2CC(O)(/C=N/c1cccc2nc(C)ncc12)C(F)(F)F. The summed E-state index contributed by atoms with van der Waals surface area (Å²) in [5, 5.41) is 11.2. The number of aliphatic hydroxyl groups is 1. The lowest BCUT2D eigenvalue weighted by molar-refractivity contribution is -0.232. The first kappa shape index (κ1) is 22.0. The second-order valence-electron chi connectivity index (χ2n) is 7.75. The molecule has 1 aliphatic rings. The third kappa shape index (κ3) is 4.25. The minimum absolute atomic E-state index is 0.246. The Morgan fingerprint density at radius 3 is 2.84 bits per heavy atom. The van der Waals surface area contributed by atoms with Crippen LogP contribution in [0.1, 0.15) is 30.1 Å². The Morgan fingerprint density at radius 1 is 1.28 bits per heavy atom. The van der Waals surface area contributed by atoms with E-state index in [2.05, 4.69) is 15.0 Å². The van der Waals surface area contributed by atoms with Crippen LogP contribution in [0.2, 0.25) is 0 Å². The summed E-state index contributed by atoms with van der Waals surface area (Å²) in [6.45, 7) is 1.97. The first-order chi connectivity index (χ1) is 15.2. The van der Waals surface area contributed by atoms with Crippen LogP contribution >= 0.6 is 0 Å². The highest BCUT2D eigenvalue weighted by Gasteiger charge is 2.54. The number of ether oxygens (including phenoxy) is 2. The quantitative estimate of drug-likeness (QED) is 0.566. The monoisotopic (exact) mass is 445 g/mol. The van der Waals surface area contributed by atoms with Crippen molar-refractivity contribution in [3.05, 3.63) is 54.0 Å². The third-order valence-electron chi connectivity index (χ3n) is 5.57. The molecule has 0 spiro atoms. The lowest BCUT2D eigenvalue weighted by Crippen LogP contribution is -2.48. The molecule has 168 valence electrons. The fourth-order valence-electron chi connectivity index (χ4n) is 3.82. The van der Waals surface area contributed by atoms with Gasteiger partial charge in [-0.15, -0.1) is 0 Å². The van der Waals surface area contributed by atoms with Crippen LogP contribution in [-0.4, -0.2) is 46.8 Å². The van der Waals surface area contributed by atoms with Gasteiger partial charge < -0.3 is 14.6 Å². The van der Waals surface area contributed by atoms with E-state index in [0.717, 1.165) is 0 Å². The highest BCUT2D eigenvalue weighted by molar-refractivity contribution is 5.91. The standard InChI is InChI=1S/C23H22F3N3O3/c1-14-27-12-18-19(4-3-5-20(18)29-14)28-13-22(30,23(24,25)26)11-15-8-9-32-21-10-16(31-2)6-7-17(15)21/h3-7,10,12-13,15,30H,8-9,11H2,1-2H3/b28-13+. The number of rotatable bonds is 5. The number of aromatic nitrogens is 2. The molecule has 1 N–H and O–H groups in total. The average Bonchev–Trinajstić information content (AvgIpc) is 2.76. The van der Waals surface area contributed by atoms with Crippen LogP contribution in [0, 0.1) is 6.92 Å². The first-order valence-electron chi connectivity index (χ1n) is 10.1. The lowest BCUT2D eigenvalue weighted by atomic mass is 9.82. The maximum Gasteiger partial charge on any atom is 0.422 e. The lowest BCUT2D eigenvalue weighted by Gasteiger charge is -2.33. The number of hydrogen-bond donors (Lipinski definition) is 1. The molecular formula is C23H22F3N3O3. The number of nitrogens with zero attached hydrogens (tertiary/aromatic N) is 3. The van der Waals surface area contributed by atoms with E-state index >= 15 is 0 Å². The number of halogens is 3. The normalized spacial score (nSPS) is 18.2. The number of fused-ring (bicyclic) bond motifs is 2. The van der Waals surface area contributed by atoms with Crippen molar-refractivity contribution in [3.8, 4) is 11.5 Å². The van der Waals surface area contributed by atoms with Gasteiger partial charge in [0.25, 0.3) is 0 Å². The average molecular weight is 445 g/mol. The van der Waals surface area contributed by atoms with E-state index in [1.165, 1.54) is 13.3 Å². The zero-order valence-corrected chi connectivity index (χ0v) is 17.6. The van der Waals surface area contributed by atoms with Crippen molar-refractivity contribution in [2.24, 2.45) is 4.99 Å². The van der Waals surface area contributed by atoms with Crippen LogP contribution in [0.15, 0.2) is 47.6 Å². The highest BCUT2D eigenvalue weighted by atomic mass is 19.4.